The van der Waals surface area contributed by atoms with Crippen molar-refractivity contribution in [2.45, 2.75) is 33.1 Å². The summed E-state index contributed by atoms with van der Waals surface area (Å²) in [6.45, 7) is 4.56. The Morgan fingerprint density at radius 2 is 1.73 bits per heavy atom. The van der Waals surface area contributed by atoms with Crippen molar-refractivity contribution in [1.29, 1.82) is 5.26 Å². The van der Waals surface area contributed by atoms with E-state index in [1.807, 2.05) is 42.5 Å². The SMILES string of the molecule is CCc1cccc(CC)c1N/C=C(/C#N)C(=O)NCCc1ccc(OC)c(OC)c1. The quantitative estimate of drug-likeness (QED) is 0.459. The summed E-state index contributed by atoms with van der Waals surface area (Å²) < 4.78 is 10.5. The molecule has 2 rings (SSSR count). The Morgan fingerprint density at radius 3 is 2.30 bits per heavy atom. The second kappa shape index (κ2) is 11.5. The maximum atomic E-state index is 12.4. The highest BCUT2D eigenvalue weighted by Gasteiger charge is 2.11. The number of carbonyl (C=O) groups excluding carboxylic acids is 1. The molecule has 2 aromatic rings. The minimum absolute atomic E-state index is 0.0373. The van der Waals surface area contributed by atoms with Crippen molar-refractivity contribution in [2.24, 2.45) is 0 Å². The van der Waals surface area contributed by atoms with E-state index in [0.717, 1.165) is 35.2 Å². The molecule has 0 atom stereocenters. The largest absolute Gasteiger partial charge is 0.493 e. The standard InChI is InChI=1S/C24H29N3O3/c1-5-18-8-7-9-19(6-2)23(18)27-16-20(15-25)24(28)26-13-12-17-10-11-21(29-3)22(14-17)30-4/h7-11,14,16,27H,5-6,12-13H2,1-4H3,(H,26,28)/b20-16-. The van der Waals surface area contributed by atoms with E-state index < -0.39 is 5.91 Å². The third kappa shape index (κ3) is 5.77. The highest BCUT2D eigenvalue weighted by atomic mass is 16.5. The Morgan fingerprint density at radius 1 is 1.07 bits per heavy atom. The molecule has 0 spiro atoms. The first-order valence-corrected chi connectivity index (χ1v) is 10.0. The maximum Gasteiger partial charge on any atom is 0.263 e. The van der Waals surface area contributed by atoms with E-state index in [1.165, 1.54) is 6.20 Å². The highest BCUT2D eigenvalue weighted by Crippen LogP contribution is 2.27. The number of nitrogens with one attached hydrogen (secondary N) is 2. The summed E-state index contributed by atoms with van der Waals surface area (Å²) in [6, 6.07) is 13.7. The average Bonchev–Trinajstić information content (AvgIpc) is 2.79. The number of hydrogen-bond donors (Lipinski definition) is 2. The lowest BCUT2D eigenvalue weighted by atomic mass is 10.0. The molecule has 2 N–H and O–H groups in total. The van der Waals surface area contributed by atoms with Crippen LogP contribution in [-0.2, 0) is 24.1 Å². The number of nitrogens with zero attached hydrogens (tertiary/aromatic N) is 1. The van der Waals surface area contributed by atoms with Gasteiger partial charge in [-0.15, -0.1) is 0 Å². The van der Waals surface area contributed by atoms with Crippen LogP contribution in [0.15, 0.2) is 48.2 Å². The molecule has 158 valence electrons. The average molecular weight is 408 g/mol. The lowest BCUT2D eigenvalue weighted by molar-refractivity contribution is -0.117. The van der Waals surface area contributed by atoms with Crippen molar-refractivity contribution in [3.05, 3.63) is 64.9 Å². The Labute approximate surface area is 178 Å². The van der Waals surface area contributed by atoms with Crippen molar-refractivity contribution < 1.29 is 14.3 Å². The molecule has 0 aliphatic rings. The molecule has 0 saturated carbocycles. The number of aryl methyl sites for hydroxylation is 2. The third-order valence-electron chi connectivity index (χ3n) is 4.87. The summed E-state index contributed by atoms with van der Waals surface area (Å²) in [5.41, 5.74) is 4.30. The summed E-state index contributed by atoms with van der Waals surface area (Å²) in [6.07, 6.45) is 3.82. The molecule has 0 aliphatic heterocycles. The second-order valence-electron chi connectivity index (χ2n) is 6.67. The second-order valence-corrected chi connectivity index (χ2v) is 6.67. The van der Waals surface area contributed by atoms with E-state index in [0.29, 0.717) is 24.5 Å². The minimum Gasteiger partial charge on any atom is -0.493 e. The minimum atomic E-state index is -0.405. The highest BCUT2D eigenvalue weighted by molar-refractivity contribution is 5.97. The van der Waals surface area contributed by atoms with Crippen LogP contribution < -0.4 is 20.1 Å². The molecule has 6 nitrogen and oxygen atoms in total. The van der Waals surface area contributed by atoms with Crippen molar-refractivity contribution in [2.75, 3.05) is 26.1 Å². The van der Waals surface area contributed by atoms with Gasteiger partial charge in [-0.2, -0.15) is 5.26 Å². The number of methoxy groups -OCH3 is 2. The third-order valence-corrected chi connectivity index (χ3v) is 4.87. The van der Waals surface area contributed by atoms with Gasteiger partial charge in [-0.25, -0.2) is 0 Å². The number of benzene rings is 2. The first-order chi connectivity index (χ1) is 14.6. The van der Waals surface area contributed by atoms with Crippen LogP contribution in [0.1, 0.15) is 30.5 Å². The number of anilines is 1. The van der Waals surface area contributed by atoms with Gasteiger partial charge in [0, 0.05) is 18.4 Å². The van der Waals surface area contributed by atoms with Crippen molar-refractivity contribution >= 4 is 11.6 Å². The topological polar surface area (TPSA) is 83.4 Å². The fourth-order valence-corrected chi connectivity index (χ4v) is 3.17. The van der Waals surface area contributed by atoms with Gasteiger partial charge in [0.2, 0.25) is 0 Å². The number of para-hydroxylation sites is 1. The molecule has 0 aromatic heterocycles. The predicted octanol–water partition coefficient (Wildman–Crippen LogP) is 4.01. The summed E-state index contributed by atoms with van der Waals surface area (Å²) in [5.74, 6) is 0.895. The van der Waals surface area contributed by atoms with E-state index in [9.17, 15) is 10.1 Å². The molecule has 1 amide bonds. The van der Waals surface area contributed by atoms with E-state index in [4.69, 9.17) is 9.47 Å². The van der Waals surface area contributed by atoms with Crippen LogP contribution in [0.3, 0.4) is 0 Å². The fraction of sp³-hybridized carbons (Fsp3) is 0.333. The van der Waals surface area contributed by atoms with Gasteiger partial charge in [-0.1, -0.05) is 38.1 Å². The predicted molar refractivity (Wildman–Crippen MR) is 119 cm³/mol. The molecule has 2 aromatic carbocycles. The summed E-state index contributed by atoms with van der Waals surface area (Å²) in [7, 11) is 3.17. The van der Waals surface area contributed by atoms with E-state index in [-0.39, 0.29) is 5.57 Å². The lowest BCUT2D eigenvalue weighted by Gasteiger charge is -2.13. The molecule has 0 aliphatic carbocycles. The maximum absolute atomic E-state index is 12.4. The molecule has 0 bridgehead atoms. The monoisotopic (exact) mass is 407 g/mol. The smallest absolute Gasteiger partial charge is 0.263 e. The zero-order valence-corrected chi connectivity index (χ0v) is 18.0. The van der Waals surface area contributed by atoms with E-state index >= 15 is 0 Å². The Hall–Kier alpha value is -3.46. The van der Waals surface area contributed by atoms with Gasteiger partial charge < -0.3 is 20.1 Å². The number of amides is 1. The van der Waals surface area contributed by atoms with Crippen LogP contribution in [0.4, 0.5) is 5.69 Å². The normalized spacial score (nSPS) is 10.8. The first-order valence-electron chi connectivity index (χ1n) is 10.0. The zero-order valence-electron chi connectivity index (χ0n) is 18.0. The number of hydrogen-bond acceptors (Lipinski definition) is 5. The molecule has 0 heterocycles. The van der Waals surface area contributed by atoms with Crippen molar-refractivity contribution in [3.8, 4) is 17.6 Å². The van der Waals surface area contributed by atoms with E-state index in [2.05, 4.69) is 24.5 Å². The van der Waals surface area contributed by atoms with Gasteiger partial charge in [0.05, 0.1) is 14.2 Å². The number of carbonyl (C=O) groups is 1. The first kappa shape index (κ1) is 22.8. The zero-order chi connectivity index (χ0) is 21.9. The molecule has 0 unspecified atom stereocenters. The van der Waals surface area contributed by atoms with Crippen LogP contribution >= 0.6 is 0 Å². The van der Waals surface area contributed by atoms with Gasteiger partial charge in [-0.05, 0) is 48.1 Å². The van der Waals surface area contributed by atoms with Gasteiger partial charge >= 0.3 is 0 Å². The molecular formula is C24H29N3O3. The Balaban J connectivity index is 2.01. The Kier molecular flexibility index (Phi) is 8.76. The van der Waals surface area contributed by atoms with Crippen LogP contribution in [0.5, 0.6) is 11.5 Å². The van der Waals surface area contributed by atoms with E-state index in [1.54, 1.807) is 14.2 Å². The number of ether oxygens (including phenoxy) is 2. The lowest BCUT2D eigenvalue weighted by Crippen LogP contribution is -2.27. The summed E-state index contributed by atoms with van der Waals surface area (Å²) in [4.78, 5) is 12.4. The van der Waals surface area contributed by atoms with Crippen molar-refractivity contribution in [3.63, 3.8) is 0 Å². The van der Waals surface area contributed by atoms with Crippen LogP contribution in [0.2, 0.25) is 0 Å². The van der Waals surface area contributed by atoms with Crippen LogP contribution in [-0.4, -0.2) is 26.7 Å². The van der Waals surface area contributed by atoms with Gasteiger partial charge in [0.1, 0.15) is 11.6 Å². The summed E-state index contributed by atoms with van der Waals surface area (Å²) >= 11 is 0. The van der Waals surface area contributed by atoms with Crippen LogP contribution in [0.25, 0.3) is 0 Å². The molecular weight excluding hydrogens is 378 g/mol. The molecule has 0 fully saturated rings. The number of nitriles is 1. The van der Waals surface area contributed by atoms with Gasteiger partial charge in [0.15, 0.2) is 11.5 Å². The molecule has 0 saturated heterocycles. The van der Waals surface area contributed by atoms with Crippen molar-refractivity contribution in [1.82, 2.24) is 5.32 Å². The van der Waals surface area contributed by atoms with Crippen LogP contribution in [0, 0.1) is 11.3 Å². The summed E-state index contributed by atoms with van der Waals surface area (Å²) in [5, 5.41) is 15.4. The van der Waals surface area contributed by atoms with Gasteiger partial charge in [0.25, 0.3) is 5.91 Å². The molecule has 6 heteroatoms. The molecule has 0 radical (unpaired) electrons. The van der Waals surface area contributed by atoms with Gasteiger partial charge in [-0.3, -0.25) is 4.79 Å². The number of rotatable bonds is 10. The Bertz CT molecular complexity index is 923. The molecule has 30 heavy (non-hydrogen) atoms. The fourth-order valence-electron chi connectivity index (χ4n) is 3.17.